The number of rotatable bonds is 3. The minimum absolute atomic E-state index is 0.238. The predicted molar refractivity (Wildman–Crippen MR) is 81.9 cm³/mol. The summed E-state index contributed by atoms with van der Waals surface area (Å²) in [6.45, 7) is 0. The molecule has 104 valence electrons. The molecule has 0 aromatic heterocycles. The molecule has 2 amide bonds. The number of hydrogen-bond acceptors (Lipinski definition) is 2. The molecule has 0 atom stereocenters. The van der Waals surface area contributed by atoms with Crippen LogP contribution in [0.5, 0.6) is 5.75 Å². The van der Waals surface area contributed by atoms with Crippen molar-refractivity contribution in [1.29, 1.82) is 0 Å². The Labute approximate surface area is 122 Å². The first-order valence-corrected chi connectivity index (χ1v) is 6.42. The van der Waals surface area contributed by atoms with E-state index in [1.165, 1.54) is 4.90 Å². The summed E-state index contributed by atoms with van der Waals surface area (Å²) in [6.07, 6.45) is 0. The number of amides is 2. The molecule has 0 aliphatic rings. The molecule has 0 bridgehead atoms. The first-order chi connectivity index (χ1) is 9.60. The van der Waals surface area contributed by atoms with Crippen molar-refractivity contribution in [1.82, 2.24) is 0 Å². The Balaban J connectivity index is 2.07. The van der Waals surface area contributed by atoms with Crippen LogP contribution in [0, 0.1) is 0 Å². The van der Waals surface area contributed by atoms with Crippen molar-refractivity contribution in [2.24, 2.45) is 0 Å². The van der Waals surface area contributed by atoms with Crippen molar-refractivity contribution in [2.75, 3.05) is 24.4 Å². The van der Waals surface area contributed by atoms with Gasteiger partial charge in [0.1, 0.15) is 5.75 Å². The molecular weight excluding hydrogens is 276 g/mol. The fourth-order valence-electron chi connectivity index (χ4n) is 1.68. The van der Waals surface area contributed by atoms with Crippen molar-refractivity contribution in [3.8, 4) is 5.75 Å². The van der Waals surface area contributed by atoms with Crippen LogP contribution in [0.1, 0.15) is 0 Å². The zero-order chi connectivity index (χ0) is 14.5. The van der Waals surface area contributed by atoms with Crippen LogP contribution >= 0.6 is 11.6 Å². The molecule has 0 aliphatic carbocycles. The number of nitrogens with one attached hydrogen (secondary N) is 1. The monoisotopic (exact) mass is 290 g/mol. The molecule has 0 heterocycles. The van der Waals surface area contributed by atoms with Crippen LogP contribution in [0.3, 0.4) is 0 Å². The number of halogens is 1. The van der Waals surface area contributed by atoms with Gasteiger partial charge < -0.3 is 10.1 Å². The number of benzene rings is 2. The average Bonchev–Trinajstić information content (AvgIpc) is 2.47. The Morgan fingerprint density at radius 3 is 2.50 bits per heavy atom. The molecule has 0 spiro atoms. The van der Waals surface area contributed by atoms with Crippen molar-refractivity contribution in [3.63, 3.8) is 0 Å². The highest BCUT2D eigenvalue weighted by molar-refractivity contribution is 6.30. The molecule has 2 aromatic carbocycles. The van der Waals surface area contributed by atoms with Gasteiger partial charge in [-0.1, -0.05) is 17.7 Å². The zero-order valence-electron chi connectivity index (χ0n) is 11.3. The van der Waals surface area contributed by atoms with E-state index in [1.54, 1.807) is 56.6 Å². The highest BCUT2D eigenvalue weighted by Crippen LogP contribution is 2.20. The summed E-state index contributed by atoms with van der Waals surface area (Å²) in [5, 5.41) is 3.39. The summed E-state index contributed by atoms with van der Waals surface area (Å²) in [7, 11) is 3.28. The molecule has 0 radical (unpaired) electrons. The normalized spacial score (nSPS) is 9.95. The first-order valence-electron chi connectivity index (χ1n) is 6.04. The Hall–Kier alpha value is -2.20. The van der Waals surface area contributed by atoms with Gasteiger partial charge in [0.05, 0.1) is 7.11 Å². The van der Waals surface area contributed by atoms with Crippen LogP contribution in [0.4, 0.5) is 16.2 Å². The lowest BCUT2D eigenvalue weighted by atomic mass is 10.3. The van der Waals surface area contributed by atoms with E-state index in [0.717, 1.165) is 11.4 Å². The lowest BCUT2D eigenvalue weighted by Crippen LogP contribution is -2.31. The van der Waals surface area contributed by atoms with Gasteiger partial charge in [-0.05, 0) is 42.5 Å². The minimum atomic E-state index is -0.238. The molecule has 0 unspecified atom stereocenters. The summed E-state index contributed by atoms with van der Waals surface area (Å²) in [4.78, 5) is 13.6. The summed E-state index contributed by atoms with van der Waals surface area (Å²) in [5.74, 6) is 0.742. The van der Waals surface area contributed by atoms with E-state index in [4.69, 9.17) is 16.3 Å². The molecule has 0 saturated carbocycles. The maximum Gasteiger partial charge on any atom is 0.326 e. The number of hydrogen-bond donors (Lipinski definition) is 1. The van der Waals surface area contributed by atoms with Crippen LogP contribution in [-0.2, 0) is 0 Å². The second-order valence-electron chi connectivity index (χ2n) is 4.20. The van der Waals surface area contributed by atoms with Gasteiger partial charge in [0.2, 0.25) is 0 Å². The lowest BCUT2D eigenvalue weighted by Gasteiger charge is -2.18. The third-order valence-corrected chi connectivity index (χ3v) is 3.08. The first kappa shape index (κ1) is 14.2. The molecule has 20 heavy (non-hydrogen) atoms. The van der Waals surface area contributed by atoms with Gasteiger partial charge in [-0.15, -0.1) is 0 Å². The molecule has 4 nitrogen and oxygen atoms in total. The van der Waals surface area contributed by atoms with Gasteiger partial charge in [0, 0.05) is 23.4 Å². The molecule has 1 N–H and O–H groups in total. The second-order valence-corrected chi connectivity index (χ2v) is 4.63. The van der Waals surface area contributed by atoms with Crippen LogP contribution in [0.25, 0.3) is 0 Å². The number of carbonyl (C=O) groups is 1. The van der Waals surface area contributed by atoms with E-state index in [2.05, 4.69) is 5.32 Å². The third-order valence-electron chi connectivity index (χ3n) is 2.84. The van der Waals surface area contributed by atoms with Gasteiger partial charge in [0.25, 0.3) is 0 Å². The average molecular weight is 291 g/mol. The Morgan fingerprint density at radius 2 is 1.90 bits per heavy atom. The highest BCUT2D eigenvalue weighted by Gasteiger charge is 2.11. The predicted octanol–water partition coefficient (Wildman–Crippen LogP) is 4.02. The molecule has 2 aromatic rings. The summed E-state index contributed by atoms with van der Waals surface area (Å²) in [6, 6.07) is 14.0. The molecular formula is C15H15ClN2O2. The number of methoxy groups -OCH3 is 1. The molecule has 0 aliphatic heterocycles. The van der Waals surface area contributed by atoms with E-state index in [1.807, 2.05) is 6.07 Å². The van der Waals surface area contributed by atoms with Gasteiger partial charge in [0.15, 0.2) is 0 Å². The Bertz CT molecular complexity index is 599. The van der Waals surface area contributed by atoms with E-state index >= 15 is 0 Å². The number of urea groups is 1. The van der Waals surface area contributed by atoms with Crippen molar-refractivity contribution in [3.05, 3.63) is 53.6 Å². The summed E-state index contributed by atoms with van der Waals surface area (Å²) >= 11 is 5.91. The highest BCUT2D eigenvalue weighted by atomic mass is 35.5. The zero-order valence-corrected chi connectivity index (χ0v) is 12.0. The van der Waals surface area contributed by atoms with Crippen LogP contribution < -0.4 is 15.0 Å². The fraction of sp³-hybridized carbons (Fsp3) is 0.133. The van der Waals surface area contributed by atoms with Crippen LogP contribution in [0.2, 0.25) is 5.02 Å². The fourth-order valence-corrected chi connectivity index (χ4v) is 1.87. The second kappa shape index (κ2) is 6.30. The maximum absolute atomic E-state index is 12.1. The van der Waals surface area contributed by atoms with Crippen LogP contribution in [0.15, 0.2) is 48.5 Å². The molecule has 5 heteroatoms. The lowest BCUT2D eigenvalue weighted by molar-refractivity contribution is 0.258. The van der Waals surface area contributed by atoms with E-state index in [9.17, 15) is 4.79 Å². The summed E-state index contributed by atoms with van der Waals surface area (Å²) in [5.41, 5.74) is 1.42. The quantitative estimate of drug-likeness (QED) is 0.928. The van der Waals surface area contributed by atoms with Gasteiger partial charge >= 0.3 is 6.03 Å². The standard InChI is InChI=1S/C15H15ClN2O2/c1-18(13-5-3-4-11(16)10-13)15(19)17-12-6-8-14(20-2)9-7-12/h3-10H,1-2H3,(H,17,19). The number of carbonyl (C=O) groups excluding carboxylic acids is 1. The van der Waals surface area contributed by atoms with E-state index in [0.29, 0.717) is 10.7 Å². The summed E-state index contributed by atoms with van der Waals surface area (Å²) < 4.78 is 5.07. The molecule has 0 saturated heterocycles. The number of nitrogens with zero attached hydrogens (tertiary/aromatic N) is 1. The van der Waals surface area contributed by atoms with Crippen molar-refractivity contribution >= 4 is 29.0 Å². The van der Waals surface area contributed by atoms with Gasteiger partial charge in [-0.3, -0.25) is 4.90 Å². The smallest absolute Gasteiger partial charge is 0.326 e. The van der Waals surface area contributed by atoms with Crippen molar-refractivity contribution < 1.29 is 9.53 Å². The topological polar surface area (TPSA) is 41.6 Å². The maximum atomic E-state index is 12.1. The van der Waals surface area contributed by atoms with Crippen molar-refractivity contribution in [2.45, 2.75) is 0 Å². The van der Waals surface area contributed by atoms with Gasteiger partial charge in [-0.2, -0.15) is 0 Å². The minimum Gasteiger partial charge on any atom is -0.497 e. The van der Waals surface area contributed by atoms with Crippen LogP contribution in [-0.4, -0.2) is 20.2 Å². The largest absolute Gasteiger partial charge is 0.497 e. The number of anilines is 2. The molecule has 0 fully saturated rings. The van der Waals surface area contributed by atoms with E-state index < -0.39 is 0 Å². The van der Waals surface area contributed by atoms with Gasteiger partial charge in [-0.25, -0.2) is 4.79 Å². The third kappa shape index (κ3) is 3.42. The van der Waals surface area contributed by atoms with E-state index in [-0.39, 0.29) is 6.03 Å². The Kier molecular flexibility index (Phi) is 4.48. The number of ether oxygens (including phenoxy) is 1. The molecule has 2 rings (SSSR count). The Morgan fingerprint density at radius 1 is 1.20 bits per heavy atom. The SMILES string of the molecule is COc1ccc(NC(=O)N(C)c2cccc(Cl)c2)cc1.